The second kappa shape index (κ2) is 5.87. The summed E-state index contributed by atoms with van der Waals surface area (Å²) in [6, 6.07) is 12.1. The van der Waals surface area contributed by atoms with Crippen LogP contribution < -0.4 is 14.8 Å². The Morgan fingerprint density at radius 2 is 1.85 bits per heavy atom. The van der Waals surface area contributed by atoms with Crippen molar-refractivity contribution in [1.29, 1.82) is 0 Å². The van der Waals surface area contributed by atoms with Gasteiger partial charge in [-0.1, -0.05) is 12.1 Å². The van der Waals surface area contributed by atoms with Gasteiger partial charge in [0.15, 0.2) is 11.5 Å². The first-order valence-corrected chi connectivity index (χ1v) is 8.94. The third kappa shape index (κ3) is 2.65. The molecule has 0 radical (unpaired) electrons. The van der Waals surface area contributed by atoms with Gasteiger partial charge in [-0.3, -0.25) is 4.79 Å². The molecule has 1 unspecified atom stereocenters. The van der Waals surface area contributed by atoms with Crippen LogP contribution in [-0.2, 0) is 4.79 Å². The third-order valence-corrected chi connectivity index (χ3v) is 5.07. The van der Waals surface area contributed by atoms with Gasteiger partial charge in [0.2, 0.25) is 12.7 Å². The Morgan fingerprint density at radius 1 is 1.07 bits per heavy atom. The average Bonchev–Trinajstić information content (AvgIpc) is 3.26. The highest BCUT2D eigenvalue weighted by Crippen LogP contribution is 2.41. The second-order valence-corrected chi connectivity index (χ2v) is 7.12. The fraction of sp³-hybridized carbons (Fsp3) is 0.238. The molecular weight excluding hydrogens is 342 g/mol. The number of rotatable bonds is 2. The Hall–Kier alpha value is -3.28. The fourth-order valence-corrected chi connectivity index (χ4v) is 3.92. The highest BCUT2D eigenvalue weighted by atomic mass is 16.7. The Morgan fingerprint density at radius 3 is 2.67 bits per heavy atom. The molecule has 1 aromatic heterocycles. The molecule has 2 aliphatic rings. The van der Waals surface area contributed by atoms with Gasteiger partial charge in [0, 0.05) is 17.9 Å². The number of amides is 1. The van der Waals surface area contributed by atoms with Gasteiger partial charge in [-0.2, -0.15) is 5.10 Å². The molecule has 0 aliphatic carbocycles. The number of benzene rings is 2. The lowest BCUT2D eigenvalue weighted by atomic mass is 9.87. The van der Waals surface area contributed by atoms with E-state index in [2.05, 4.69) is 42.5 Å². The minimum atomic E-state index is -0.0668. The van der Waals surface area contributed by atoms with E-state index in [-0.39, 0.29) is 18.6 Å². The molecule has 0 bridgehead atoms. The van der Waals surface area contributed by atoms with E-state index in [1.807, 2.05) is 29.1 Å². The minimum Gasteiger partial charge on any atom is -0.454 e. The average molecular weight is 361 g/mol. The van der Waals surface area contributed by atoms with Crippen molar-refractivity contribution in [2.75, 3.05) is 12.1 Å². The first kappa shape index (κ1) is 15.9. The van der Waals surface area contributed by atoms with Crippen LogP contribution in [-0.4, -0.2) is 22.5 Å². The van der Waals surface area contributed by atoms with Crippen molar-refractivity contribution >= 4 is 11.7 Å². The number of hydrogen-bond acceptors (Lipinski definition) is 4. The number of carbonyl (C=O) groups is 1. The third-order valence-electron chi connectivity index (χ3n) is 5.07. The number of nitrogens with zero attached hydrogens (tertiary/aromatic N) is 2. The molecule has 3 heterocycles. The standard InChI is InChI=1S/C21H19N3O3/c1-12-5-13(2)7-15(6-12)24-21-17(10-22-24)16(9-20(25)23-21)14-3-4-18-19(8-14)27-11-26-18/h3-8,10,16H,9,11H2,1-2H3,(H,23,25). The van der Waals surface area contributed by atoms with Crippen LogP contribution in [0.2, 0.25) is 0 Å². The minimum absolute atomic E-state index is 0.0173. The van der Waals surface area contributed by atoms with Crippen LogP contribution in [0.1, 0.15) is 34.6 Å². The first-order chi connectivity index (χ1) is 13.1. The van der Waals surface area contributed by atoms with E-state index < -0.39 is 0 Å². The summed E-state index contributed by atoms with van der Waals surface area (Å²) in [5, 5.41) is 7.58. The number of anilines is 1. The summed E-state index contributed by atoms with van der Waals surface area (Å²) in [5.74, 6) is 2.12. The van der Waals surface area contributed by atoms with Crippen LogP contribution in [0, 0.1) is 13.8 Å². The molecule has 0 fully saturated rings. The number of ether oxygens (including phenoxy) is 2. The number of carbonyl (C=O) groups excluding carboxylic acids is 1. The largest absolute Gasteiger partial charge is 0.454 e. The highest BCUT2D eigenvalue weighted by molar-refractivity contribution is 5.94. The van der Waals surface area contributed by atoms with Crippen molar-refractivity contribution in [3.8, 4) is 17.2 Å². The summed E-state index contributed by atoms with van der Waals surface area (Å²) in [6.45, 7) is 4.35. The normalized spacial score (nSPS) is 17.6. The van der Waals surface area contributed by atoms with Crippen LogP contribution in [0.5, 0.6) is 11.5 Å². The van der Waals surface area contributed by atoms with Gasteiger partial charge < -0.3 is 14.8 Å². The molecule has 0 saturated heterocycles. The van der Waals surface area contributed by atoms with Crippen molar-refractivity contribution < 1.29 is 14.3 Å². The monoisotopic (exact) mass is 361 g/mol. The molecule has 0 saturated carbocycles. The molecule has 1 amide bonds. The van der Waals surface area contributed by atoms with E-state index in [0.717, 1.165) is 45.3 Å². The lowest BCUT2D eigenvalue weighted by Crippen LogP contribution is -2.24. The molecule has 6 nitrogen and oxygen atoms in total. The lowest BCUT2D eigenvalue weighted by Gasteiger charge is -2.24. The topological polar surface area (TPSA) is 65.4 Å². The van der Waals surface area contributed by atoms with E-state index in [0.29, 0.717) is 6.42 Å². The van der Waals surface area contributed by atoms with Crippen molar-refractivity contribution in [2.45, 2.75) is 26.2 Å². The van der Waals surface area contributed by atoms with E-state index in [1.165, 1.54) is 0 Å². The quantitative estimate of drug-likeness (QED) is 0.756. The molecule has 0 spiro atoms. The lowest BCUT2D eigenvalue weighted by molar-refractivity contribution is -0.116. The van der Waals surface area contributed by atoms with Crippen molar-refractivity contribution in [1.82, 2.24) is 9.78 Å². The summed E-state index contributed by atoms with van der Waals surface area (Å²) in [4.78, 5) is 12.5. The van der Waals surface area contributed by atoms with E-state index in [1.54, 1.807) is 0 Å². The number of nitrogens with one attached hydrogen (secondary N) is 1. The summed E-state index contributed by atoms with van der Waals surface area (Å²) in [5.41, 5.74) is 5.29. The van der Waals surface area contributed by atoms with E-state index in [4.69, 9.17) is 9.47 Å². The molecule has 5 rings (SSSR count). The van der Waals surface area contributed by atoms with Gasteiger partial charge in [0.05, 0.1) is 11.9 Å². The molecule has 27 heavy (non-hydrogen) atoms. The summed E-state index contributed by atoms with van der Waals surface area (Å²) < 4.78 is 12.7. The maximum atomic E-state index is 12.5. The second-order valence-electron chi connectivity index (χ2n) is 7.12. The Balaban J connectivity index is 1.61. The van der Waals surface area contributed by atoms with Crippen LogP contribution in [0.15, 0.2) is 42.6 Å². The van der Waals surface area contributed by atoms with Crippen molar-refractivity contribution in [3.05, 3.63) is 64.8 Å². The number of fused-ring (bicyclic) bond motifs is 2. The van der Waals surface area contributed by atoms with E-state index >= 15 is 0 Å². The highest BCUT2D eigenvalue weighted by Gasteiger charge is 2.31. The van der Waals surface area contributed by atoms with Crippen LogP contribution in [0.3, 0.4) is 0 Å². The van der Waals surface area contributed by atoms with Crippen LogP contribution in [0.4, 0.5) is 5.82 Å². The van der Waals surface area contributed by atoms with Gasteiger partial charge in [-0.15, -0.1) is 0 Å². The zero-order valence-electron chi connectivity index (χ0n) is 15.2. The SMILES string of the molecule is Cc1cc(C)cc(-n2ncc3c2NC(=O)CC3c2ccc3c(c2)OCO3)c1. The smallest absolute Gasteiger partial charge is 0.231 e. The fourth-order valence-electron chi connectivity index (χ4n) is 3.92. The van der Waals surface area contributed by atoms with Crippen molar-refractivity contribution in [3.63, 3.8) is 0 Å². The molecule has 1 atom stereocenters. The zero-order chi connectivity index (χ0) is 18.5. The predicted molar refractivity (Wildman–Crippen MR) is 101 cm³/mol. The number of aromatic nitrogens is 2. The van der Waals surface area contributed by atoms with Crippen LogP contribution in [0.25, 0.3) is 5.69 Å². The van der Waals surface area contributed by atoms with Crippen molar-refractivity contribution in [2.24, 2.45) is 0 Å². The number of aryl methyl sites for hydroxylation is 2. The van der Waals surface area contributed by atoms with Crippen LogP contribution >= 0.6 is 0 Å². The van der Waals surface area contributed by atoms with Gasteiger partial charge >= 0.3 is 0 Å². The summed E-state index contributed by atoms with van der Waals surface area (Å²) in [7, 11) is 0. The molecule has 136 valence electrons. The molecule has 2 aliphatic heterocycles. The van der Waals surface area contributed by atoms with Gasteiger partial charge in [-0.25, -0.2) is 4.68 Å². The molecule has 2 aromatic carbocycles. The Labute approximate surface area is 156 Å². The maximum Gasteiger partial charge on any atom is 0.231 e. The summed E-state index contributed by atoms with van der Waals surface area (Å²) >= 11 is 0. The molecule has 3 aromatic rings. The molecular formula is C21H19N3O3. The first-order valence-electron chi connectivity index (χ1n) is 8.94. The maximum absolute atomic E-state index is 12.5. The summed E-state index contributed by atoms with van der Waals surface area (Å²) in [6.07, 6.45) is 2.23. The van der Waals surface area contributed by atoms with Gasteiger partial charge in [0.25, 0.3) is 0 Å². The molecule has 6 heteroatoms. The van der Waals surface area contributed by atoms with E-state index in [9.17, 15) is 4.79 Å². The Kier molecular flexibility index (Phi) is 3.47. The Bertz CT molecular complexity index is 1050. The number of hydrogen-bond donors (Lipinski definition) is 1. The zero-order valence-corrected chi connectivity index (χ0v) is 15.2. The van der Waals surface area contributed by atoms with Gasteiger partial charge in [0.1, 0.15) is 5.82 Å². The predicted octanol–water partition coefficient (Wildman–Crippen LogP) is 3.69. The molecule has 1 N–H and O–H groups in total. The van der Waals surface area contributed by atoms with Gasteiger partial charge in [-0.05, 0) is 54.8 Å².